The third-order valence-electron chi connectivity index (χ3n) is 8.70. The van der Waals surface area contributed by atoms with E-state index >= 15 is 0 Å². The van der Waals surface area contributed by atoms with E-state index < -0.39 is 17.9 Å². The summed E-state index contributed by atoms with van der Waals surface area (Å²) >= 11 is 0. The van der Waals surface area contributed by atoms with Gasteiger partial charge < -0.3 is 34.4 Å². The van der Waals surface area contributed by atoms with Crippen molar-refractivity contribution in [1.29, 1.82) is 0 Å². The standard InChI is InChI=1S/C28H24N4O4/c1-28-15(12-33)16(29-2)11-19(36-28)31-17-9-5-3-7-13(17)20-22-23(27(35)30-26(22)34)21-14-8-4-6-10-18(14)32(28)25(21)24(20)31/h3-10,12,15-16,19,27,29,35H,11H2,1-2H3,(H,30,34)/t15-,16-,19?,27+,28+/m1/s1. The number of rotatable bonds is 2. The van der Waals surface area contributed by atoms with Crippen molar-refractivity contribution in [3.8, 4) is 0 Å². The Labute approximate surface area is 205 Å². The molecule has 0 aliphatic carbocycles. The van der Waals surface area contributed by atoms with Crippen LogP contribution >= 0.6 is 0 Å². The Morgan fingerprint density at radius 1 is 1.08 bits per heavy atom. The lowest BCUT2D eigenvalue weighted by molar-refractivity contribution is -0.221. The SMILES string of the molecule is CN[C@@H]1CC2O[C@@](C)([C@@H]1C=O)n1c3ccccc3c3c4c(c5c6ccccc6n2c5c31)C(=O)N[C@H]4O. The predicted octanol–water partition coefficient (Wildman–Crippen LogP) is 3.65. The van der Waals surface area contributed by atoms with Crippen LogP contribution in [0.1, 0.15) is 41.7 Å². The smallest absolute Gasteiger partial charge is 0.254 e. The minimum atomic E-state index is -1.12. The molecule has 36 heavy (non-hydrogen) atoms. The van der Waals surface area contributed by atoms with Gasteiger partial charge in [0.05, 0.1) is 33.5 Å². The molecule has 180 valence electrons. The first-order valence-electron chi connectivity index (χ1n) is 12.3. The lowest BCUT2D eigenvalue weighted by atomic mass is 9.85. The van der Waals surface area contributed by atoms with E-state index in [-0.39, 0.29) is 18.2 Å². The van der Waals surface area contributed by atoms with Gasteiger partial charge in [0, 0.05) is 39.6 Å². The molecule has 0 spiro atoms. The number of nitrogens with one attached hydrogen (secondary N) is 2. The minimum Gasteiger partial charge on any atom is -0.369 e. The fraction of sp³-hybridized carbons (Fsp3) is 0.286. The van der Waals surface area contributed by atoms with Gasteiger partial charge in [-0.25, -0.2) is 0 Å². The number of carbonyl (C=O) groups excluding carboxylic acids is 2. The Morgan fingerprint density at radius 2 is 1.78 bits per heavy atom. The van der Waals surface area contributed by atoms with Gasteiger partial charge in [-0.1, -0.05) is 36.4 Å². The maximum atomic E-state index is 13.3. The van der Waals surface area contributed by atoms with E-state index in [1.165, 1.54) is 0 Å². The molecular weight excluding hydrogens is 456 g/mol. The molecule has 5 atom stereocenters. The summed E-state index contributed by atoms with van der Waals surface area (Å²) in [6.45, 7) is 1.99. The van der Waals surface area contributed by atoms with Gasteiger partial charge in [0.15, 0.2) is 12.0 Å². The van der Waals surface area contributed by atoms with Gasteiger partial charge in [-0.2, -0.15) is 0 Å². The lowest BCUT2D eigenvalue weighted by Crippen LogP contribution is -2.55. The molecule has 2 bridgehead atoms. The first kappa shape index (κ1) is 20.5. The molecular formula is C28H24N4O4. The molecule has 8 rings (SSSR count). The molecule has 1 fully saturated rings. The number of aliphatic hydroxyl groups excluding tert-OH is 1. The summed E-state index contributed by atoms with van der Waals surface area (Å²) in [5.41, 5.74) is 3.75. The molecule has 0 radical (unpaired) electrons. The van der Waals surface area contributed by atoms with Crippen LogP contribution in [0.2, 0.25) is 0 Å². The fourth-order valence-corrected chi connectivity index (χ4v) is 7.30. The lowest BCUT2D eigenvalue weighted by Gasteiger charge is -2.47. The molecule has 3 aliphatic heterocycles. The number of aliphatic hydroxyl groups is 1. The highest BCUT2D eigenvalue weighted by atomic mass is 16.5. The molecule has 1 unspecified atom stereocenters. The van der Waals surface area contributed by atoms with E-state index in [4.69, 9.17) is 4.74 Å². The number of amides is 1. The number of benzene rings is 3. The Bertz CT molecular complexity index is 1820. The van der Waals surface area contributed by atoms with E-state index in [0.717, 1.165) is 49.9 Å². The fourth-order valence-electron chi connectivity index (χ4n) is 7.30. The van der Waals surface area contributed by atoms with Crippen molar-refractivity contribution >= 4 is 55.8 Å². The van der Waals surface area contributed by atoms with Crippen LogP contribution in [0.25, 0.3) is 43.6 Å². The number of aldehydes is 1. The summed E-state index contributed by atoms with van der Waals surface area (Å²) in [6, 6.07) is 15.9. The second-order valence-corrected chi connectivity index (χ2v) is 10.3. The van der Waals surface area contributed by atoms with Crippen LogP contribution in [-0.2, 0) is 15.3 Å². The summed E-state index contributed by atoms with van der Waals surface area (Å²) in [5.74, 6) is -0.737. The summed E-state index contributed by atoms with van der Waals surface area (Å²) in [6.07, 6.45) is 0.114. The van der Waals surface area contributed by atoms with E-state index in [0.29, 0.717) is 17.5 Å². The number of para-hydroxylation sites is 2. The molecule has 5 heterocycles. The largest absolute Gasteiger partial charge is 0.369 e. The zero-order valence-electron chi connectivity index (χ0n) is 19.8. The Hall–Kier alpha value is -3.72. The van der Waals surface area contributed by atoms with Gasteiger partial charge in [0.2, 0.25) is 0 Å². The van der Waals surface area contributed by atoms with Gasteiger partial charge in [-0.15, -0.1) is 0 Å². The first-order valence-corrected chi connectivity index (χ1v) is 12.3. The van der Waals surface area contributed by atoms with Crippen LogP contribution in [-0.4, -0.2) is 39.5 Å². The van der Waals surface area contributed by atoms with Crippen molar-refractivity contribution in [3.05, 3.63) is 59.7 Å². The second kappa shape index (κ2) is 6.53. The third-order valence-corrected chi connectivity index (χ3v) is 8.70. The van der Waals surface area contributed by atoms with Crippen LogP contribution in [0.5, 0.6) is 0 Å². The molecule has 8 heteroatoms. The maximum absolute atomic E-state index is 13.3. The molecule has 5 aromatic rings. The summed E-state index contributed by atoms with van der Waals surface area (Å²) in [4.78, 5) is 26.0. The number of aromatic nitrogens is 2. The van der Waals surface area contributed by atoms with E-state index in [1.807, 2.05) is 56.4 Å². The molecule has 2 aromatic heterocycles. The predicted molar refractivity (Wildman–Crippen MR) is 136 cm³/mol. The maximum Gasteiger partial charge on any atom is 0.254 e. The van der Waals surface area contributed by atoms with Crippen molar-refractivity contribution in [2.75, 3.05) is 7.05 Å². The van der Waals surface area contributed by atoms with Crippen LogP contribution in [0.4, 0.5) is 0 Å². The molecule has 3 aromatic carbocycles. The summed E-state index contributed by atoms with van der Waals surface area (Å²) in [7, 11) is 1.89. The Balaban J connectivity index is 1.74. The van der Waals surface area contributed by atoms with E-state index in [9.17, 15) is 14.7 Å². The van der Waals surface area contributed by atoms with Crippen molar-refractivity contribution in [3.63, 3.8) is 0 Å². The van der Waals surface area contributed by atoms with Gasteiger partial charge in [-0.3, -0.25) is 4.79 Å². The number of hydrogen-bond donors (Lipinski definition) is 3. The second-order valence-electron chi connectivity index (χ2n) is 10.3. The van der Waals surface area contributed by atoms with Crippen molar-refractivity contribution in [2.24, 2.45) is 5.92 Å². The average molecular weight is 481 g/mol. The zero-order chi connectivity index (χ0) is 24.5. The zero-order valence-corrected chi connectivity index (χ0v) is 19.8. The highest BCUT2D eigenvalue weighted by molar-refractivity contribution is 6.31. The van der Waals surface area contributed by atoms with Gasteiger partial charge in [-0.05, 0) is 26.1 Å². The van der Waals surface area contributed by atoms with Crippen molar-refractivity contribution in [1.82, 2.24) is 19.8 Å². The average Bonchev–Trinajstić information content (AvgIpc) is 3.48. The molecule has 8 nitrogen and oxygen atoms in total. The normalized spacial score (nSPS) is 28.8. The number of carbonyl (C=O) groups is 2. The highest BCUT2D eigenvalue weighted by Crippen LogP contribution is 2.55. The monoisotopic (exact) mass is 480 g/mol. The molecule has 1 amide bonds. The first-order chi connectivity index (χ1) is 17.5. The van der Waals surface area contributed by atoms with Crippen LogP contribution < -0.4 is 10.6 Å². The highest BCUT2D eigenvalue weighted by Gasteiger charge is 2.52. The number of fused-ring (bicyclic) bond motifs is 13. The minimum absolute atomic E-state index is 0.117. The van der Waals surface area contributed by atoms with Crippen molar-refractivity contribution in [2.45, 2.75) is 37.6 Å². The Kier molecular flexibility index (Phi) is 3.71. The molecule has 3 N–H and O–H groups in total. The van der Waals surface area contributed by atoms with Crippen molar-refractivity contribution < 1.29 is 19.4 Å². The van der Waals surface area contributed by atoms with Crippen LogP contribution in [0.3, 0.4) is 0 Å². The van der Waals surface area contributed by atoms with Gasteiger partial charge >= 0.3 is 0 Å². The van der Waals surface area contributed by atoms with E-state index in [1.54, 1.807) is 0 Å². The van der Waals surface area contributed by atoms with Gasteiger partial charge in [0.25, 0.3) is 5.91 Å². The summed E-state index contributed by atoms with van der Waals surface area (Å²) in [5, 5.41) is 20.7. The molecule has 0 saturated carbocycles. The molecule has 3 aliphatic rings. The molecule has 1 saturated heterocycles. The quantitative estimate of drug-likeness (QED) is 0.335. The van der Waals surface area contributed by atoms with Gasteiger partial charge in [0.1, 0.15) is 12.5 Å². The number of ether oxygens (including phenoxy) is 1. The van der Waals surface area contributed by atoms with E-state index in [2.05, 4.69) is 25.8 Å². The number of nitrogens with zero attached hydrogens (tertiary/aromatic N) is 2. The Morgan fingerprint density at radius 3 is 2.50 bits per heavy atom. The van der Waals surface area contributed by atoms with Crippen LogP contribution in [0, 0.1) is 5.92 Å². The number of hydrogen-bond acceptors (Lipinski definition) is 5. The third kappa shape index (κ3) is 2.10. The summed E-state index contributed by atoms with van der Waals surface area (Å²) < 4.78 is 11.3. The van der Waals surface area contributed by atoms with Crippen LogP contribution in [0.15, 0.2) is 48.5 Å². The topological polar surface area (TPSA) is 97.5 Å².